The Morgan fingerprint density at radius 2 is 2.25 bits per heavy atom. The Hall–Kier alpha value is -0.340. The van der Waals surface area contributed by atoms with E-state index < -0.39 is 0 Å². The van der Waals surface area contributed by atoms with Gasteiger partial charge in [-0.1, -0.05) is 26.7 Å². The van der Waals surface area contributed by atoms with E-state index in [4.69, 9.17) is 4.99 Å². The molecule has 2 rings (SSSR count). The molecule has 0 aliphatic heterocycles. The first kappa shape index (κ1) is 21.7. The van der Waals surface area contributed by atoms with Gasteiger partial charge in [-0.15, -0.1) is 24.0 Å². The van der Waals surface area contributed by atoms with E-state index in [-0.39, 0.29) is 35.5 Å². The van der Waals surface area contributed by atoms with Crippen LogP contribution in [0.25, 0.3) is 0 Å². The Labute approximate surface area is 167 Å². The molecule has 1 saturated carbocycles. The number of hydrogen-bond donors (Lipinski definition) is 3. The minimum absolute atomic E-state index is 0. The van der Waals surface area contributed by atoms with Crippen molar-refractivity contribution in [3.05, 3.63) is 22.4 Å². The lowest BCUT2D eigenvalue weighted by molar-refractivity contribution is 0.00716. The number of halogens is 1. The molecule has 0 spiro atoms. The molecule has 0 radical (unpaired) electrons. The minimum Gasteiger partial charge on any atom is -0.392 e. The van der Waals surface area contributed by atoms with E-state index in [1.165, 1.54) is 12.0 Å². The number of aliphatic hydroxyl groups excluding tert-OH is 1. The van der Waals surface area contributed by atoms with Gasteiger partial charge < -0.3 is 15.7 Å². The summed E-state index contributed by atoms with van der Waals surface area (Å²) in [4.78, 5) is 4.75. The van der Waals surface area contributed by atoms with E-state index in [9.17, 15) is 5.11 Å². The van der Waals surface area contributed by atoms with Crippen LogP contribution in [0.3, 0.4) is 0 Å². The molecule has 0 bridgehead atoms. The number of nitrogens with one attached hydrogen (secondary N) is 2. The first-order chi connectivity index (χ1) is 11.0. The highest BCUT2D eigenvalue weighted by Crippen LogP contribution is 2.36. The highest BCUT2D eigenvalue weighted by molar-refractivity contribution is 14.0. The van der Waals surface area contributed by atoms with Gasteiger partial charge in [0.2, 0.25) is 0 Å². The third-order valence-corrected chi connectivity index (χ3v) is 5.61. The van der Waals surface area contributed by atoms with Crippen LogP contribution in [0.2, 0.25) is 0 Å². The van der Waals surface area contributed by atoms with Crippen molar-refractivity contribution in [1.29, 1.82) is 0 Å². The van der Waals surface area contributed by atoms with Crippen molar-refractivity contribution in [1.82, 2.24) is 10.6 Å². The zero-order chi connectivity index (χ0) is 16.7. The summed E-state index contributed by atoms with van der Waals surface area (Å²) in [5, 5.41) is 21.4. The molecule has 3 atom stereocenters. The van der Waals surface area contributed by atoms with Gasteiger partial charge in [-0.25, -0.2) is 0 Å². The molecule has 138 valence electrons. The molecular formula is C18H32IN3OS. The van der Waals surface area contributed by atoms with E-state index in [0.717, 1.165) is 38.3 Å². The number of guanidine groups is 1. The van der Waals surface area contributed by atoms with E-state index in [0.29, 0.717) is 12.5 Å². The van der Waals surface area contributed by atoms with Crippen LogP contribution in [0.4, 0.5) is 0 Å². The standard InChI is InChI=1S/C18H31N3OS.HI/c1-4-19-17(20-11-14(2)15-8-10-23-12-15)21-13-18(3)9-6-5-7-16(18)22;/h8,10,12,14,16,22H,4-7,9,11,13H2,1-3H3,(H2,19,20,21);1H. The second kappa shape index (κ2) is 10.6. The molecule has 3 unspecified atom stereocenters. The summed E-state index contributed by atoms with van der Waals surface area (Å²) in [7, 11) is 0. The Balaban J connectivity index is 0.00000288. The quantitative estimate of drug-likeness (QED) is 0.339. The van der Waals surface area contributed by atoms with Gasteiger partial charge in [0, 0.05) is 18.5 Å². The van der Waals surface area contributed by atoms with E-state index in [1.54, 1.807) is 11.3 Å². The van der Waals surface area contributed by atoms with Gasteiger partial charge in [-0.2, -0.15) is 11.3 Å². The lowest BCUT2D eigenvalue weighted by Gasteiger charge is -2.37. The van der Waals surface area contributed by atoms with Gasteiger partial charge in [0.15, 0.2) is 5.96 Å². The molecule has 1 aliphatic rings. The monoisotopic (exact) mass is 465 g/mol. The largest absolute Gasteiger partial charge is 0.392 e. The van der Waals surface area contributed by atoms with Crippen LogP contribution in [-0.4, -0.2) is 36.8 Å². The molecular weight excluding hydrogens is 433 g/mol. The van der Waals surface area contributed by atoms with Crippen LogP contribution in [-0.2, 0) is 0 Å². The van der Waals surface area contributed by atoms with Crippen molar-refractivity contribution in [2.45, 2.75) is 58.5 Å². The fourth-order valence-corrected chi connectivity index (χ4v) is 3.87. The van der Waals surface area contributed by atoms with Gasteiger partial charge in [0.1, 0.15) is 0 Å². The maximum atomic E-state index is 10.3. The van der Waals surface area contributed by atoms with Crippen molar-refractivity contribution in [3.8, 4) is 0 Å². The molecule has 1 fully saturated rings. The number of thiophene rings is 1. The van der Waals surface area contributed by atoms with Crippen LogP contribution >= 0.6 is 35.3 Å². The highest BCUT2D eigenvalue weighted by atomic mass is 127. The molecule has 4 nitrogen and oxygen atoms in total. The summed E-state index contributed by atoms with van der Waals surface area (Å²) in [5.74, 6) is 1.31. The maximum Gasteiger partial charge on any atom is 0.191 e. The van der Waals surface area contributed by atoms with Crippen LogP contribution in [0.1, 0.15) is 57.9 Å². The summed E-state index contributed by atoms with van der Waals surface area (Å²) < 4.78 is 0. The molecule has 1 aliphatic carbocycles. The molecule has 24 heavy (non-hydrogen) atoms. The van der Waals surface area contributed by atoms with Crippen LogP contribution in [0.15, 0.2) is 21.8 Å². The highest BCUT2D eigenvalue weighted by Gasteiger charge is 2.35. The number of rotatable bonds is 6. The van der Waals surface area contributed by atoms with Crippen molar-refractivity contribution >= 4 is 41.3 Å². The summed E-state index contributed by atoms with van der Waals surface area (Å²) in [5.41, 5.74) is 1.28. The van der Waals surface area contributed by atoms with E-state index >= 15 is 0 Å². The van der Waals surface area contributed by atoms with Gasteiger partial charge >= 0.3 is 0 Å². The smallest absolute Gasteiger partial charge is 0.191 e. The van der Waals surface area contributed by atoms with Crippen molar-refractivity contribution in [2.75, 3.05) is 19.6 Å². The number of nitrogens with zero attached hydrogens (tertiary/aromatic N) is 1. The van der Waals surface area contributed by atoms with Crippen molar-refractivity contribution in [2.24, 2.45) is 10.4 Å². The Morgan fingerprint density at radius 1 is 1.46 bits per heavy atom. The van der Waals surface area contributed by atoms with Gasteiger partial charge in [0.25, 0.3) is 0 Å². The molecule has 3 N–H and O–H groups in total. The summed E-state index contributed by atoms with van der Waals surface area (Å²) in [6, 6.07) is 2.18. The number of aliphatic hydroxyl groups is 1. The molecule has 1 heterocycles. The van der Waals surface area contributed by atoms with Crippen LogP contribution in [0, 0.1) is 5.41 Å². The van der Waals surface area contributed by atoms with Gasteiger partial charge in [0.05, 0.1) is 12.6 Å². The molecule has 1 aromatic heterocycles. The maximum absolute atomic E-state index is 10.3. The second-order valence-electron chi connectivity index (χ2n) is 6.95. The van der Waals surface area contributed by atoms with Crippen molar-refractivity contribution < 1.29 is 5.11 Å². The molecule has 0 saturated heterocycles. The topological polar surface area (TPSA) is 56.7 Å². The van der Waals surface area contributed by atoms with Gasteiger partial charge in [-0.05, 0) is 48.1 Å². The second-order valence-corrected chi connectivity index (χ2v) is 7.73. The number of hydrogen-bond acceptors (Lipinski definition) is 3. The fraction of sp³-hybridized carbons (Fsp3) is 0.722. The average Bonchev–Trinajstić information content (AvgIpc) is 3.07. The average molecular weight is 465 g/mol. The van der Waals surface area contributed by atoms with E-state index in [2.05, 4.69) is 48.2 Å². The fourth-order valence-electron chi connectivity index (χ4n) is 3.09. The lowest BCUT2D eigenvalue weighted by Crippen LogP contribution is -2.42. The molecule has 1 aromatic rings. The zero-order valence-electron chi connectivity index (χ0n) is 15.0. The predicted octanol–water partition coefficient (Wildman–Crippen LogP) is 3.97. The Morgan fingerprint density at radius 3 is 2.88 bits per heavy atom. The zero-order valence-corrected chi connectivity index (χ0v) is 18.2. The summed E-state index contributed by atoms with van der Waals surface area (Å²) in [6.07, 6.45) is 4.07. The normalized spacial score (nSPS) is 25.7. The molecule has 0 aromatic carbocycles. The third-order valence-electron chi connectivity index (χ3n) is 4.91. The lowest BCUT2D eigenvalue weighted by atomic mass is 9.73. The summed E-state index contributed by atoms with van der Waals surface area (Å²) in [6.45, 7) is 8.86. The van der Waals surface area contributed by atoms with E-state index in [1.807, 2.05) is 0 Å². The minimum atomic E-state index is -0.229. The van der Waals surface area contributed by atoms with Crippen molar-refractivity contribution in [3.63, 3.8) is 0 Å². The van der Waals surface area contributed by atoms with Crippen LogP contribution in [0.5, 0.6) is 0 Å². The van der Waals surface area contributed by atoms with Gasteiger partial charge in [-0.3, -0.25) is 4.99 Å². The predicted molar refractivity (Wildman–Crippen MR) is 115 cm³/mol. The molecule has 6 heteroatoms. The first-order valence-electron chi connectivity index (χ1n) is 8.77. The number of aliphatic imine (C=N–C) groups is 1. The third kappa shape index (κ3) is 6.19. The first-order valence-corrected chi connectivity index (χ1v) is 9.72. The van der Waals surface area contributed by atoms with Crippen LogP contribution < -0.4 is 10.6 Å². The Bertz CT molecular complexity index is 494. The molecule has 0 amide bonds. The SMILES string of the molecule is CCNC(=NCC1(C)CCCCC1O)NCC(C)c1ccsc1.I. The summed E-state index contributed by atoms with van der Waals surface area (Å²) >= 11 is 1.74. The Kier molecular flexibility index (Phi) is 9.59.